The van der Waals surface area contributed by atoms with Gasteiger partial charge in [-0.2, -0.15) is 5.10 Å². The van der Waals surface area contributed by atoms with Gasteiger partial charge < -0.3 is 25.3 Å². The number of ether oxygens (including phenoxy) is 1. The summed E-state index contributed by atoms with van der Waals surface area (Å²) in [7, 11) is 0. The lowest BCUT2D eigenvalue weighted by Crippen LogP contribution is -2.41. The number of aromatic nitrogens is 3. The van der Waals surface area contributed by atoms with E-state index in [0.29, 0.717) is 59.7 Å². The quantitative estimate of drug-likeness (QED) is 0.317. The summed E-state index contributed by atoms with van der Waals surface area (Å²) in [6, 6.07) is 15.0. The van der Waals surface area contributed by atoms with Crippen LogP contribution in [-0.2, 0) is 4.74 Å². The molecule has 2 aromatic carbocycles. The summed E-state index contributed by atoms with van der Waals surface area (Å²) in [6.07, 6.45) is 3.26. The van der Waals surface area contributed by atoms with Crippen LogP contribution in [0.4, 0.5) is 10.5 Å². The Kier molecular flexibility index (Phi) is 7.49. The Morgan fingerprint density at radius 2 is 1.69 bits per heavy atom. The SMILES string of the molecule is CC(C)(C)OC(=O)N1CCC(c2cc(=O)[nH]c3c4c(NC(=O)c5ccc(C6CCNCC6)cc5)cccc4nn23)CC1. The molecule has 220 valence electrons. The van der Waals surface area contributed by atoms with Crippen LogP contribution in [0.3, 0.4) is 0 Å². The van der Waals surface area contributed by atoms with E-state index in [1.165, 1.54) is 5.56 Å². The van der Waals surface area contributed by atoms with Gasteiger partial charge in [0.05, 0.1) is 22.3 Å². The maximum absolute atomic E-state index is 13.3. The number of nitrogens with zero attached hydrogens (tertiary/aromatic N) is 3. The van der Waals surface area contributed by atoms with Crippen molar-refractivity contribution in [3.8, 4) is 0 Å². The number of likely N-dealkylation sites (tertiary alicyclic amines) is 1. The van der Waals surface area contributed by atoms with Crippen molar-refractivity contribution >= 4 is 34.2 Å². The molecule has 10 heteroatoms. The third kappa shape index (κ3) is 5.76. The molecule has 0 atom stereocenters. The number of hydrogen-bond donors (Lipinski definition) is 3. The van der Waals surface area contributed by atoms with Crippen LogP contribution >= 0.6 is 0 Å². The number of amides is 2. The predicted molar refractivity (Wildman–Crippen MR) is 162 cm³/mol. The van der Waals surface area contributed by atoms with Crippen molar-refractivity contribution in [1.82, 2.24) is 24.8 Å². The molecule has 4 aromatic rings. The number of H-pyrrole nitrogens is 1. The van der Waals surface area contributed by atoms with E-state index in [9.17, 15) is 14.4 Å². The molecule has 2 amide bonds. The molecule has 0 radical (unpaired) electrons. The zero-order chi connectivity index (χ0) is 29.4. The van der Waals surface area contributed by atoms with Crippen molar-refractivity contribution in [2.45, 2.75) is 63.9 Å². The lowest BCUT2D eigenvalue weighted by atomic mass is 9.90. The predicted octanol–water partition coefficient (Wildman–Crippen LogP) is 5.01. The number of carbonyl (C=O) groups excluding carboxylic acids is 2. The number of nitrogens with one attached hydrogen (secondary N) is 3. The summed E-state index contributed by atoms with van der Waals surface area (Å²) in [5.74, 6) is 0.345. The minimum absolute atomic E-state index is 0.0410. The second-order valence-corrected chi connectivity index (χ2v) is 12.4. The van der Waals surface area contributed by atoms with Gasteiger partial charge in [-0.3, -0.25) is 9.59 Å². The van der Waals surface area contributed by atoms with Crippen LogP contribution in [0.1, 0.15) is 79.9 Å². The summed E-state index contributed by atoms with van der Waals surface area (Å²) >= 11 is 0. The van der Waals surface area contributed by atoms with Crippen LogP contribution in [0.15, 0.2) is 53.3 Å². The molecule has 0 unspecified atom stereocenters. The molecule has 0 saturated carbocycles. The minimum Gasteiger partial charge on any atom is -0.444 e. The molecular formula is C32H38N6O4. The molecule has 4 heterocycles. The number of carbonyl (C=O) groups is 2. The van der Waals surface area contributed by atoms with Gasteiger partial charge in [0.15, 0.2) is 0 Å². The third-order valence-electron chi connectivity index (χ3n) is 8.26. The van der Waals surface area contributed by atoms with E-state index in [2.05, 4.69) is 27.8 Å². The van der Waals surface area contributed by atoms with E-state index < -0.39 is 5.60 Å². The van der Waals surface area contributed by atoms with Gasteiger partial charge in [-0.25, -0.2) is 9.31 Å². The van der Waals surface area contributed by atoms with Crippen molar-refractivity contribution in [2.75, 3.05) is 31.5 Å². The first-order valence-electron chi connectivity index (χ1n) is 14.8. The Balaban J connectivity index is 1.25. The maximum atomic E-state index is 13.3. The van der Waals surface area contributed by atoms with Crippen LogP contribution < -0.4 is 16.2 Å². The van der Waals surface area contributed by atoms with E-state index in [4.69, 9.17) is 9.84 Å². The van der Waals surface area contributed by atoms with Gasteiger partial charge in [0.1, 0.15) is 11.2 Å². The summed E-state index contributed by atoms with van der Waals surface area (Å²) in [5.41, 5.74) is 3.64. The maximum Gasteiger partial charge on any atom is 0.410 e. The first-order valence-corrected chi connectivity index (χ1v) is 14.8. The highest BCUT2D eigenvalue weighted by atomic mass is 16.6. The fourth-order valence-electron chi connectivity index (χ4n) is 6.12. The second kappa shape index (κ2) is 11.2. The zero-order valence-corrected chi connectivity index (χ0v) is 24.4. The van der Waals surface area contributed by atoms with Gasteiger partial charge in [-0.15, -0.1) is 0 Å². The summed E-state index contributed by atoms with van der Waals surface area (Å²) < 4.78 is 7.32. The van der Waals surface area contributed by atoms with Crippen molar-refractivity contribution in [3.05, 3.63) is 75.7 Å². The van der Waals surface area contributed by atoms with Crippen LogP contribution in [-0.4, -0.2) is 63.3 Å². The summed E-state index contributed by atoms with van der Waals surface area (Å²) in [6.45, 7) is 8.68. The van der Waals surface area contributed by atoms with Gasteiger partial charge in [-0.05, 0) is 95.3 Å². The number of piperidine rings is 2. The smallest absolute Gasteiger partial charge is 0.410 e. The zero-order valence-electron chi connectivity index (χ0n) is 24.4. The second-order valence-electron chi connectivity index (χ2n) is 12.4. The highest BCUT2D eigenvalue weighted by Gasteiger charge is 2.29. The van der Waals surface area contributed by atoms with Crippen molar-refractivity contribution < 1.29 is 14.3 Å². The monoisotopic (exact) mass is 570 g/mol. The van der Waals surface area contributed by atoms with Gasteiger partial charge in [0, 0.05) is 30.6 Å². The Hall–Kier alpha value is -4.18. The molecule has 2 aromatic heterocycles. The largest absolute Gasteiger partial charge is 0.444 e. The van der Waals surface area contributed by atoms with E-state index in [-0.39, 0.29) is 23.5 Å². The molecule has 10 nitrogen and oxygen atoms in total. The molecule has 2 aliphatic heterocycles. The normalized spacial score (nSPS) is 17.1. The highest BCUT2D eigenvalue weighted by molar-refractivity contribution is 6.11. The standard InChI is InChI=1S/C32H38N6O4/c1-32(2,3)42-31(41)37-17-13-22(14-18-37)26-19-27(39)35-29-28-24(5-4-6-25(28)36-38(26)29)34-30(40)23-9-7-20(8-10-23)21-11-15-33-16-12-21/h4-10,19,21-22,33H,11-18H2,1-3H3,(H,34,40)(H,35,39). The van der Waals surface area contributed by atoms with Gasteiger partial charge >= 0.3 is 6.09 Å². The Morgan fingerprint density at radius 1 is 0.976 bits per heavy atom. The van der Waals surface area contributed by atoms with Crippen molar-refractivity contribution in [1.29, 1.82) is 0 Å². The average Bonchev–Trinajstić information content (AvgIpc) is 3.36. The van der Waals surface area contributed by atoms with E-state index in [0.717, 1.165) is 31.6 Å². The topological polar surface area (TPSA) is 121 Å². The average molecular weight is 571 g/mol. The molecule has 2 saturated heterocycles. The van der Waals surface area contributed by atoms with Crippen molar-refractivity contribution in [3.63, 3.8) is 0 Å². The lowest BCUT2D eigenvalue weighted by Gasteiger charge is -2.33. The number of aromatic amines is 1. The molecule has 0 aliphatic carbocycles. The summed E-state index contributed by atoms with van der Waals surface area (Å²) in [4.78, 5) is 43.4. The third-order valence-corrected chi connectivity index (χ3v) is 8.26. The first-order chi connectivity index (χ1) is 20.2. The van der Waals surface area contributed by atoms with Crippen LogP contribution in [0, 0.1) is 0 Å². The van der Waals surface area contributed by atoms with Gasteiger partial charge in [0.25, 0.3) is 11.5 Å². The molecule has 0 spiro atoms. The van der Waals surface area contributed by atoms with Crippen LogP contribution in [0.2, 0.25) is 0 Å². The van der Waals surface area contributed by atoms with E-state index >= 15 is 0 Å². The molecule has 2 fully saturated rings. The Bertz CT molecular complexity index is 1670. The fraction of sp³-hybridized carbons (Fsp3) is 0.438. The number of anilines is 1. The molecular weight excluding hydrogens is 532 g/mol. The Morgan fingerprint density at radius 3 is 2.38 bits per heavy atom. The molecule has 42 heavy (non-hydrogen) atoms. The summed E-state index contributed by atoms with van der Waals surface area (Å²) in [5, 5.41) is 11.9. The van der Waals surface area contributed by atoms with Crippen molar-refractivity contribution in [2.24, 2.45) is 0 Å². The fourth-order valence-corrected chi connectivity index (χ4v) is 6.12. The minimum atomic E-state index is -0.550. The number of hydrogen-bond acceptors (Lipinski definition) is 6. The Labute approximate surface area is 244 Å². The molecule has 2 aliphatic rings. The first kappa shape index (κ1) is 28.0. The van der Waals surface area contributed by atoms with Gasteiger partial charge in [-0.1, -0.05) is 18.2 Å². The highest BCUT2D eigenvalue weighted by Crippen LogP contribution is 2.32. The lowest BCUT2D eigenvalue weighted by molar-refractivity contribution is 0.0203. The van der Waals surface area contributed by atoms with E-state index in [1.807, 2.05) is 51.1 Å². The molecule has 3 N–H and O–H groups in total. The van der Waals surface area contributed by atoms with Gasteiger partial charge in [0.2, 0.25) is 0 Å². The molecule has 6 rings (SSSR count). The number of benzene rings is 2. The van der Waals surface area contributed by atoms with Crippen LogP contribution in [0.5, 0.6) is 0 Å². The number of fused-ring (bicyclic) bond motifs is 3. The molecule has 0 bridgehead atoms. The van der Waals surface area contributed by atoms with Crippen LogP contribution in [0.25, 0.3) is 16.6 Å². The van der Waals surface area contributed by atoms with E-state index in [1.54, 1.807) is 15.5 Å². The number of rotatable bonds is 4.